The van der Waals surface area contributed by atoms with Crippen molar-refractivity contribution in [1.82, 2.24) is 15.0 Å². The first-order valence-corrected chi connectivity index (χ1v) is 6.69. The molecule has 0 aliphatic heterocycles. The Balaban J connectivity index is 1.96. The number of fused-ring (bicyclic) bond motifs is 1. The number of nitrogens with zero attached hydrogens (tertiary/aromatic N) is 2. The lowest BCUT2D eigenvalue weighted by molar-refractivity contribution is 1.19. The van der Waals surface area contributed by atoms with Crippen LogP contribution in [0.2, 0.25) is 0 Å². The predicted molar refractivity (Wildman–Crippen MR) is 83.5 cm³/mol. The first-order valence-electron chi connectivity index (χ1n) is 6.69. The summed E-state index contributed by atoms with van der Waals surface area (Å²) in [5.41, 5.74) is 7.47. The van der Waals surface area contributed by atoms with Gasteiger partial charge in [-0.05, 0) is 56.2 Å². The molecule has 20 heavy (non-hydrogen) atoms. The van der Waals surface area contributed by atoms with E-state index < -0.39 is 0 Å². The molecule has 3 aromatic rings. The Kier molecular flexibility index (Phi) is 3.11. The maximum Gasteiger partial charge on any atom is 0.0896 e. The molecule has 3 nitrogen and oxygen atoms in total. The molecule has 0 unspecified atom stereocenters. The normalized spacial score (nSPS) is 11.6. The molecular formula is C17H17N3. The maximum absolute atomic E-state index is 4.63. The Morgan fingerprint density at radius 2 is 1.85 bits per heavy atom. The van der Waals surface area contributed by atoms with E-state index in [4.69, 9.17) is 0 Å². The molecule has 3 heteroatoms. The Hall–Kier alpha value is -2.42. The van der Waals surface area contributed by atoms with Crippen molar-refractivity contribution in [2.45, 2.75) is 20.8 Å². The number of nitrogens with one attached hydrogen (secondary N) is 1. The molecule has 3 rings (SSSR count). The van der Waals surface area contributed by atoms with E-state index in [2.05, 4.69) is 60.0 Å². The second-order valence-corrected chi connectivity index (χ2v) is 5.15. The van der Waals surface area contributed by atoms with Crippen LogP contribution >= 0.6 is 0 Å². The predicted octanol–water partition coefficient (Wildman–Crippen LogP) is 4.05. The summed E-state index contributed by atoms with van der Waals surface area (Å²) in [6, 6.07) is 8.25. The number of hydrogen-bond donors (Lipinski definition) is 1. The zero-order chi connectivity index (χ0) is 14.1. The van der Waals surface area contributed by atoms with Gasteiger partial charge in [-0.2, -0.15) is 0 Å². The van der Waals surface area contributed by atoms with Gasteiger partial charge in [0.05, 0.1) is 22.9 Å². The first kappa shape index (κ1) is 12.6. The summed E-state index contributed by atoms with van der Waals surface area (Å²) in [7, 11) is 0. The van der Waals surface area contributed by atoms with Crippen molar-refractivity contribution in [2.24, 2.45) is 0 Å². The molecule has 0 radical (unpaired) electrons. The monoisotopic (exact) mass is 263 g/mol. The highest BCUT2D eigenvalue weighted by Gasteiger charge is 2.00. The lowest BCUT2D eigenvalue weighted by Crippen LogP contribution is -1.88. The van der Waals surface area contributed by atoms with Gasteiger partial charge in [-0.1, -0.05) is 12.1 Å². The molecule has 100 valence electrons. The second kappa shape index (κ2) is 4.93. The first-order chi connectivity index (χ1) is 9.61. The summed E-state index contributed by atoms with van der Waals surface area (Å²) in [5, 5.41) is 0. The van der Waals surface area contributed by atoms with Gasteiger partial charge in [0.25, 0.3) is 0 Å². The van der Waals surface area contributed by atoms with E-state index in [0.717, 1.165) is 16.7 Å². The molecule has 0 saturated carbocycles. The molecule has 2 heterocycles. The van der Waals surface area contributed by atoms with Gasteiger partial charge in [0.2, 0.25) is 0 Å². The minimum Gasteiger partial charge on any atom is -0.362 e. The van der Waals surface area contributed by atoms with E-state index in [9.17, 15) is 0 Å². The molecule has 0 bridgehead atoms. The fourth-order valence-corrected chi connectivity index (χ4v) is 2.31. The topological polar surface area (TPSA) is 41.6 Å². The zero-order valence-corrected chi connectivity index (χ0v) is 11.9. The Labute approximate surface area is 118 Å². The number of H-pyrrole nitrogens is 1. The summed E-state index contributed by atoms with van der Waals surface area (Å²) >= 11 is 0. The smallest absolute Gasteiger partial charge is 0.0896 e. The Morgan fingerprint density at radius 1 is 1.00 bits per heavy atom. The van der Waals surface area contributed by atoms with E-state index in [1.165, 1.54) is 22.5 Å². The van der Waals surface area contributed by atoms with Crippen LogP contribution in [0.5, 0.6) is 0 Å². The summed E-state index contributed by atoms with van der Waals surface area (Å²) < 4.78 is 0. The van der Waals surface area contributed by atoms with Crippen molar-refractivity contribution in [3.8, 4) is 0 Å². The quantitative estimate of drug-likeness (QED) is 0.757. The summed E-state index contributed by atoms with van der Waals surface area (Å²) in [4.78, 5) is 12.4. The van der Waals surface area contributed by atoms with Crippen LogP contribution < -0.4 is 0 Å². The van der Waals surface area contributed by atoms with E-state index >= 15 is 0 Å². The van der Waals surface area contributed by atoms with Crippen LogP contribution in [-0.4, -0.2) is 15.0 Å². The molecule has 0 saturated heterocycles. The number of hydrogen-bond acceptors (Lipinski definition) is 2. The van der Waals surface area contributed by atoms with Crippen LogP contribution in [0.3, 0.4) is 0 Å². The average molecular weight is 263 g/mol. The average Bonchev–Trinajstić information content (AvgIpc) is 2.74. The van der Waals surface area contributed by atoms with Gasteiger partial charge in [-0.25, -0.2) is 4.98 Å². The Morgan fingerprint density at radius 3 is 2.60 bits per heavy atom. The van der Waals surface area contributed by atoms with Crippen LogP contribution in [0.4, 0.5) is 0 Å². The highest BCUT2D eigenvalue weighted by Crippen LogP contribution is 2.15. The number of rotatable bonds is 2. The standard InChI is InChI=1S/C17H17N3/c1-11-4-7-16-17(8-11)20-15(10-18-16)6-5-14-9-12(2)19-13(14)3/h4-10,19H,1-3H3/b6-5+. The van der Waals surface area contributed by atoms with Gasteiger partial charge in [-0.15, -0.1) is 0 Å². The zero-order valence-electron chi connectivity index (χ0n) is 11.9. The van der Waals surface area contributed by atoms with Crippen LogP contribution in [0, 0.1) is 20.8 Å². The highest BCUT2D eigenvalue weighted by atomic mass is 14.8. The van der Waals surface area contributed by atoms with Crippen molar-refractivity contribution in [3.05, 3.63) is 58.7 Å². The van der Waals surface area contributed by atoms with Gasteiger partial charge in [-0.3, -0.25) is 4.98 Å². The molecule has 2 aromatic heterocycles. The number of aryl methyl sites for hydroxylation is 3. The van der Waals surface area contributed by atoms with Crippen LogP contribution in [0.25, 0.3) is 23.2 Å². The minimum absolute atomic E-state index is 0.876. The summed E-state index contributed by atoms with van der Waals surface area (Å²) in [5.74, 6) is 0. The van der Waals surface area contributed by atoms with Crippen LogP contribution in [-0.2, 0) is 0 Å². The van der Waals surface area contributed by atoms with Crippen molar-refractivity contribution < 1.29 is 0 Å². The molecule has 1 aromatic carbocycles. The van der Waals surface area contributed by atoms with Gasteiger partial charge in [0.1, 0.15) is 0 Å². The third kappa shape index (κ3) is 2.48. The highest BCUT2D eigenvalue weighted by molar-refractivity contribution is 5.77. The molecule has 0 atom stereocenters. The van der Waals surface area contributed by atoms with Gasteiger partial charge in [0.15, 0.2) is 0 Å². The lowest BCUT2D eigenvalue weighted by Gasteiger charge is -1.99. The lowest BCUT2D eigenvalue weighted by atomic mass is 10.2. The summed E-state index contributed by atoms with van der Waals surface area (Å²) in [6.45, 7) is 6.20. The van der Waals surface area contributed by atoms with E-state index in [1.807, 2.05) is 18.3 Å². The number of aromatic nitrogens is 3. The van der Waals surface area contributed by atoms with E-state index in [1.54, 1.807) is 0 Å². The molecule has 0 amide bonds. The van der Waals surface area contributed by atoms with Crippen molar-refractivity contribution in [1.29, 1.82) is 0 Å². The number of benzene rings is 1. The van der Waals surface area contributed by atoms with Crippen LogP contribution in [0.15, 0.2) is 30.5 Å². The van der Waals surface area contributed by atoms with E-state index in [-0.39, 0.29) is 0 Å². The molecule has 0 fully saturated rings. The fourth-order valence-electron chi connectivity index (χ4n) is 2.31. The Bertz CT molecular complexity index is 797. The summed E-state index contributed by atoms with van der Waals surface area (Å²) in [6.07, 6.45) is 5.89. The maximum atomic E-state index is 4.63. The third-order valence-electron chi connectivity index (χ3n) is 3.34. The van der Waals surface area contributed by atoms with Gasteiger partial charge in [0, 0.05) is 11.4 Å². The molecule has 0 aliphatic carbocycles. The molecular weight excluding hydrogens is 246 g/mol. The SMILES string of the molecule is Cc1ccc2ncc(/C=C/c3cc(C)[nH]c3C)nc2c1. The fraction of sp³-hybridized carbons (Fsp3) is 0.176. The largest absolute Gasteiger partial charge is 0.362 e. The van der Waals surface area contributed by atoms with Crippen molar-refractivity contribution >= 4 is 23.2 Å². The third-order valence-corrected chi connectivity index (χ3v) is 3.34. The van der Waals surface area contributed by atoms with Crippen molar-refractivity contribution in [2.75, 3.05) is 0 Å². The second-order valence-electron chi connectivity index (χ2n) is 5.15. The molecule has 0 spiro atoms. The van der Waals surface area contributed by atoms with Crippen molar-refractivity contribution in [3.63, 3.8) is 0 Å². The van der Waals surface area contributed by atoms with Gasteiger partial charge >= 0.3 is 0 Å². The molecule has 1 N–H and O–H groups in total. The molecule has 0 aliphatic rings. The number of aromatic amines is 1. The minimum atomic E-state index is 0.876. The van der Waals surface area contributed by atoms with Gasteiger partial charge < -0.3 is 4.98 Å². The van der Waals surface area contributed by atoms with E-state index in [0.29, 0.717) is 0 Å². The van der Waals surface area contributed by atoms with Crippen LogP contribution in [0.1, 0.15) is 28.2 Å².